The number of aliphatic hydroxyl groups excluding tert-OH is 1. The Morgan fingerprint density at radius 2 is 1.88 bits per heavy atom. The number of amides is 1. The van der Waals surface area contributed by atoms with E-state index in [1.165, 1.54) is 26.0 Å². The van der Waals surface area contributed by atoms with Crippen molar-refractivity contribution in [3.63, 3.8) is 0 Å². The normalized spacial score (nSPS) is 14.0. The van der Waals surface area contributed by atoms with E-state index in [-0.39, 0.29) is 17.1 Å². The van der Waals surface area contributed by atoms with Gasteiger partial charge in [0, 0.05) is 6.07 Å². The Bertz CT molecular complexity index is 814. The molecule has 1 aromatic carbocycles. The highest BCUT2D eigenvalue weighted by Gasteiger charge is 2.30. The maximum atomic E-state index is 12.6. The molecule has 0 saturated heterocycles. The number of aromatic nitrogens is 2. The van der Waals surface area contributed by atoms with Gasteiger partial charge in [0.2, 0.25) is 0 Å². The molecular weight excluding hydrogens is 339 g/mol. The van der Waals surface area contributed by atoms with E-state index in [1.807, 2.05) is 0 Å². The van der Waals surface area contributed by atoms with Crippen LogP contribution in [0.15, 0.2) is 35.1 Å². The number of H-pyrrole nitrogens is 1. The molecular formula is C16H16F3N3O3. The van der Waals surface area contributed by atoms with Gasteiger partial charge in [0.25, 0.3) is 11.5 Å². The van der Waals surface area contributed by atoms with E-state index in [2.05, 4.69) is 15.3 Å². The summed E-state index contributed by atoms with van der Waals surface area (Å²) < 4.78 is 37.9. The van der Waals surface area contributed by atoms with Crippen LogP contribution in [-0.4, -0.2) is 27.1 Å². The number of aromatic amines is 1. The maximum Gasteiger partial charge on any atom is 0.416 e. The van der Waals surface area contributed by atoms with Crippen molar-refractivity contribution in [3.8, 4) is 0 Å². The van der Waals surface area contributed by atoms with Gasteiger partial charge >= 0.3 is 6.18 Å². The second-order valence-electron chi connectivity index (χ2n) is 5.53. The van der Waals surface area contributed by atoms with E-state index < -0.39 is 35.4 Å². The van der Waals surface area contributed by atoms with E-state index in [4.69, 9.17) is 0 Å². The van der Waals surface area contributed by atoms with Crippen LogP contribution in [0, 0.1) is 6.92 Å². The SMILES string of the molecule is Cc1nc(C(=O)NC(c2ccc(C(F)(F)F)cc2)C(C)O)cc(=O)[nH]1. The van der Waals surface area contributed by atoms with Gasteiger partial charge in [0.1, 0.15) is 11.5 Å². The first-order valence-corrected chi connectivity index (χ1v) is 7.32. The van der Waals surface area contributed by atoms with E-state index in [0.717, 1.165) is 18.2 Å². The molecule has 2 rings (SSSR count). The molecule has 1 aromatic heterocycles. The number of hydrogen-bond acceptors (Lipinski definition) is 4. The van der Waals surface area contributed by atoms with Crippen molar-refractivity contribution in [2.45, 2.75) is 32.2 Å². The van der Waals surface area contributed by atoms with Crippen molar-refractivity contribution in [3.05, 3.63) is 63.3 Å². The van der Waals surface area contributed by atoms with Crippen molar-refractivity contribution in [1.82, 2.24) is 15.3 Å². The highest BCUT2D eigenvalue weighted by molar-refractivity contribution is 5.92. The summed E-state index contributed by atoms with van der Waals surface area (Å²) in [5.74, 6) is -0.485. The number of rotatable bonds is 4. The minimum Gasteiger partial charge on any atom is -0.391 e. The molecule has 0 saturated carbocycles. The summed E-state index contributed by atoms with van der Waals surface area (Å²) in [5, 5.41) is 12.4. The van der Waals surface area contributed by atoms with E-state index in [1.54, 1.807) is 0 Å². The van der Waals surface area contributed by atoms with Gasteiger partial charge in [-0.2, -0.15) is 13.2 Å². The highest BCUT2D eigenvalue weighted by atomic mass is 19.4. The van der Waals surface area contributed by atoms with Crippen LogP contribution >= 0.6 is 0 Å². The quantitative estimate of drug-likeness (QED) is 0.781. The number of carbonyl (C=O) groups is 1. The monoisotopic (exact) mass is 355 g/mol. The molecule has 0 spiro atoms. The molecule has 9 heteroatoms. The lowest BCUT2D eigenvalue weighted by Gasteiger charge is -2.22. The topological polar surface area (TPSA) is 95.1 Å². The summed E-state index contributed by atoms with van der Waals surface area (Å²) in [6.45, 7) is 2.89. The van der Waals surface area contributed by atoms with Crippen LogP contribution in [0.4, 0.5) is 13.2 Å². The van der Waals surface area contributed by atoms with Gasteiger partial charge in [0.05, 0.1) is 17.7 Å². The molecule has 0 bridgehead atoms. The van der Waals surface area contributed by atoms with E-state index in [0.29, 0.717) is 0 Å². The largest absolute Gasteiger partial charge is 0.416 e. The van der Waals surface area contributed by atoms with Crippen LogP contribution in [-0.2, 0) is 6.18 Å². The highest BCUT2D eigenvalue weighted by Crippen LogP contribution is 2.30. The van der Waals surface area contributed by atoms with E-state index in [9.17, 15) is 27.9 Å². The maximum absolute atomic E-state index is 12.6. The molecule has 25 heavy (non-hydrogen) atoms. The molecule has 0 aliphatic heterocycles. The number of hydrogen-bond donors (Lipinski definition) is 3. The Morgan fingerprint density at radius 1 is 1.28 bits per heavy atom. The van der Waals surface area contributed by atoms with Gasteiger partial charge in [-0.05, 0) is 31.5 Å². The molecule has 0 aliphatic rings. The third kappa shape index (κ3) is 4.66. The fourth-order valence-electron chi connectivity index (χ4n) is 2.27. The molecule has 3 N–H and O–H groups in total. The van der Waals surface area contributed by atoms with Gasteiger partial charge in [-0.3, -0.25) is 9.59 Å². The fourth-order valence-corrected chi connectivity index (χ4v) is 2.27. The zero-order chi connectivity index (χ0) is 18.8. The Morgan fingerprint density at radius 3 is 2.36 bits per heavy atom. The summed E-state index contributed by atoms with van der Waals surface area (Å²) in [6, 6.07) is 4.12. The van der Waals surface area contributed by atoms with Gasteiger partial charge in [0.15, 0.2) is 0 Å². The molecule has 0 aliphatic carbocycles. The Hall–Kier alpha value is -2.68. The average molecular weight is 355 g/mol. The predicted octanol–water partition coefficient (Wildman–Crippen LogP) is 1.95. The lowest BCUT2D eigenvalue weighted by molar-refractivity contribution is -0.137. The van der Waals surface area contributed by atoms with Crippen LogP contribution in [0.25, 0.3) is 0 Å². The molecule has 6 nitrogen and oxygen atoms in total. The Kier molecular flexibility index (Phi) is 5.27. The summed E-state index contributed by atoms with van der Waals surface area (Å²) in [7, 11) is 0. The Balaban J connectivity index is 2.26. The second-order valence-corrected chi connectivity index (χ2v) is 5.53. The number of nitrogens with zero attached hydrogens (tertiary/aromatic N) is 1. The van der Waals surface area contributed by atoms with Gasteiger partial charge < -0.3 is 15.4 Å². The molecule has 0 radical (unpaired) electrons. The van der Waals surface area contributed by atoms with Crippen molar-refractivity contribution in [2.24, 2.45) is 0 Å². The van der Waals surface area contributed by atoms with Crippen LogP contribution in [0.5, 0.6) is 0 Å². The molecule has 2 aromatic rings. The summed E-state index contributed by atoms with van der Waals surface area (Å²) in [6.07, 6.45) is -5.56. The number of carbonyl (C=O) groups excluding carboxylic acids is 1. The van der Waals surface area contributed by atoms with Crippen LogP contribution in [0.1, 0.15) is 40.4 Å². The molecule has 1 amide bonds. The van der Waals surface area contributed by atoms with Crippen molar-refractivity contribution >= 4 is 5.91 Å². The number of nitrogens with one attached hydrogen (secondary N) is 2. The number of aryl methyl sites for hydroxylation is 1. The summed E-state index contributed by atoms with van der Waals surface area (Å²) >= 11 is 0. The third-order valence-electron chi connectivity index (χ3n) is 3.46. The van der Waals surface area contributed by atoms with Gasteiger partial charge in [-0.1, -0.05) is 12.1 Å². The average Bonchev–Trinajstić information content (AvgIpc) is 2.50. The summed E-state index contributed by atoms with van der Waals surface area (Å²) in [4.78, 5) is 29.9. The minimum absolute atomic E-state index is 0.154. The lowest BCUT2D eigenvalue weighted by Crippen LogP contribution is -2.36. The lowest BCUT2D eigenvalue weighted by atomic mass is 10.0. The number of alkyl halides is 3. The molecule has 0 fully saturated rings. The van der Waals surface area contributed by atoms with E-state index >= 15 is 0 Å². The van der Waals surface area contributed by atoms with Gasteiger partial charge in [-0.25, -0.2) is 4.98 Å². The van der Waals surface area contributed by atoms with Crippen molar-refractivity contribution in [2.75, 3.05) is 0 Å². The molecule has 134 valence electrons. The number of aliphatic hydroxyl groups is 1. The molecule has 2 atom stereocenters. The first-order chi connectivity index (χ1) is 11.6. The smallest absolute Gasteiger partial charge is 0.391 e. The minimum atomic E-state index is -4.48. The van der Waals surface area contributed by atoms with Crippen LogP contribution < -0.4 is 10.9 Å². The van der Waals surface area contributed by atoms with Crippen molar-refractivity contribution < 1.29 is 23.1 Å². The molecule has 1 heterocycles. The zero-order valence-corrected chi connectivity index (χ0v) is 13.4. The third-order valence-corrected chi connectivity index (χ3v) is 3.46. The predicted molar refractivity (Wildman–Crippen MR) is 82.9 cm³/mol. The second kappa shape index (κ2) is 7.06. The van der Waals surface area contributed by atoms with Gasteiger partial charge in [-0.15, -0.1) is 0 Å². The number of benzene rings is 1. The van der Waals surface area contributed by atoms with Crippen LogP contribution in [0.2, 0.25) is 0 Å². The summed E-state index contributed by atoms with van der Waals surface area (Å²) in [5.41, 5.74) is -1.21. The first kappa shape index (κ1) is 18.7. The number of halogens is 3. The standard InChI is InChI=1S/C16H16F3N3O3/c1-8(23)14(10-3-5-11(6-4-10)16(17,18)19)22-15(25)12-7-13(24)21-9(2)20-12/h3-8,14,23H,1-2H3,(H,22,25)(H,20,21,24). The fraction of sp³-hybridized carbons (Fsp3) is 0.312. The molecule has 2 unspecified atom stereocenters. The Labute approximate surface area is 140 Å². The van der Waals surface area contributed by atoms with Crippen molar-refractivity contribution in [1.29, 1.82) is 0 Å². The first-order valence-electron chi connectivity index (χ1n) is 7.32. The zero-order valence-electron chi connectivity index (χ0n) is 13.4. The van der Waals surface area contributed by atoms with Crippen LogP contribution in [0.3, 0.4) is 0 Å².